The van der Waals surface area contributed by atoms with Crippen LogP contribution in [0.25, 0.3) is 10.9 Å². The van der Waals surface area contributed by atoms with Crippen molar-refractivity contribution in [2.24, 2.45) is 9.98 Å². The number of H-pyrrole nitrogens is 1. The summed E-state index contributed by atoms with van der Waals surface area (Å²) in [4.78, 5) is 11.0. The van der Waals surface area contributed by atoms with Crippen molar-refractivity contribution in [1.29, 1.82) is 0 Å². The van der Waals surface area contributed by atoms with E-state index in [-0.39, 0.29) is 6.00 Å². The predicted octanol–water partition coefficient (Wildman–Crippen LogP) is 3.93. The van der Waals surface area contributed by atoms with Gasteiger partial charge in [0, 0.05) is 28.9 Å². The minimum Gasteiger partial charge on any atom is -0.360 e. The van der Waals surface area contributed by atoms with E-state index in [9.17, 15) is 0 Å². The summed E-state index contributed by atoms with van der Waals surface area (Å²) in [5, 5.41) is 1.45. The standard InChI is InChI=1S/C13H11Cl2N3/c1-16-7-11(15)13(18-8-14)10-6-17-12-5-3-2-4-9(10)12/h2-7,17H,1,8H2/b11-7+,18-13-. The van der Waals surface area contributed by atoms with Gasteiger partial charge in [0.25, 0.3) is 0 Å². The molecule has 1 N–H and O–H groups in total. The van der Waals surface area contributed by atoms with Crippen molar-refractivity contribution in [3.05, 3.63) is 47.3 Å². The molecule has 0 bridgehead atoms. The Balaban J connectivity index is 2.59. The Kier molecular flexibility index (Phi) is 4.18. The largest absolute Gasteiger partial charge is 0.360 e. The Labute approximate surface area is 115 Å². The van der Waals surface area contributed by atoms with Gasteiger partial charge >= 0.3 is 0 Å². The van der Waals surface area contributed by atoms with Gasteiger partial charge in [0.1, 0.15) is 6.00 Å². The van der Waals surface area contributed by atoms with Crippen LogP contribution in [-0.2, 0) is 0 Å². The van der Waals surface area contributed by atoms with E-state index in [4.69, 9.17) is 23.2 Å². The zero-order valence-electron chi connectivity index (χ0n) is 9.53. The van der Waals surface area contributed by atoms with Crippen LogP contribution in [0.15, 0.2) is 51.7 Å². The third kappa shape index (κ3) is 2.47. The molecule has 92 valence electrons. The fraction of sp³-hybridized carbons (Fsp3) is 0.0769. The number of alkyl halides is 1. The van der Waals surface area contributed by atoms with E-state index < -0.39 is 0 Å². The van der Waals surface area contributed by atoms with Crippen LogP contribution >= 0.6 is 23.2 Å². The number of rotatable bonds is 4. The molecule has 0 atom stereocenters. The molecule has 0 aliphatic heterocycles. The molecule has 0 radical (unpaired) electrons. The first-order chi connectivity index (χ1) is 8.77. The van der Waals surface area contributed by atoms with Gasteiger partial charge in [0.05, 0.1) is 10.7 Å². The Morgan fingerprint density at radius 2 is 2.17 bits per heavy atom. The van der Waals surface area contributed by atoms with Crippen molar-refractivity contribution in [2.75, 3.05) is 6.00 Å². The van der Waals surface area contributed by atoms with E-state index in [1.165, 1.54) is 6.20 Å². The van der Waals surface area contributed by atoms with Crippen LogP contribution in [0.1, 0.15) is 5.56 Å². The fourth-order valence-corrected chi connectivity index (χ4v) is 2.11. The molecule has 3 nitrogen and oxygen atoms in total. The topological polar surface area (TPSA) is 40.5 Å². The maximum Gasteiger partial charge on any atom is 0.114 e. The summed E-state index contributed by atoms with van der Waals surface area (Å²) in [6, 6.07) is 8.04. The van der Waals surface area contributed by atoms with E-state index in [0.29, 0.717) is 10.7 Å². The van der Waals surface area contributed by atoms with Crippen molar-refractivity contribution in [3.63, 3.8) is 0 Å². The number of fused-ring (bicyclic) bond motifs is 1. The van der Waals surface area contributed by atoms with E-state index in [1.807, 2.05) is 30.5 Å². The van der Waals surface area contributed by atoms with Crippen LogP contribution in [0.4, 0.5) is 0 Å². The lowest BCUT2D eigenvalue weighted by Gasteiger charge is -2.03. The summed E-state index contributed by atoms with van der Waals surface area (Å²) in [7, 11) is 0. The minimum absolute atomic E-state index is 0.135. The van der Waals surface area contributed by atoms with Gasteiger partial charge in [0.2, 0.25) is 0 Å². The van der Waals surface area contributed by atoms with Gasteiger partial charge in [-0.2, -0.15) is 0 Å². The number of aliphatic imine (C=N–C) groups is 2. The van der Waals surface area contributed by atoms with Gasteiger partial charge in [-0.05, 0) is 12.8 Å². The molecule has 0 spiro atoms. The summed E-state index contributed by atoms with van der Waals surface area (Å²) < 4.78 is 0. The summed E-state index contributed by atoms with van der Waals surface area (Å²) in [5.41, 5.74) is 2.53. The monoisotopic (exact) mass is 279 g/mol. The molecule has 5 heteroatoms. The molecule has 0 saturated carbocycles. The second-order valence-corrected chi connectivity index (χ2v) is 4.18. The summed E-state index contributed by atoms with van der Waals surface area (Å²) in [6.45, 7) is 3.38. The maximum atomic E-state index is 6.14. The molecular weight excluding hydrogens is 269 g/mol. The molecule has 0 saturated heterocycles. The smallest absolute Gasteiger partial charge is 0.114 e. The molecule has 0 aliphatic rings. The highest BCUT2D eigenvalue weighted by molar-refractivity contribution is 6.47. The Bertz CT molecular complexity index is 626. The van der Waals surface area contributed by atoms with Crippen molar-refractivity contribution in [1.82, 2.24) is 4.98 Å². The molecule has 18 heavy (non-hydrogen) atoms. The Hall–Kier alpha value is -1.58. The number of hydrogen-bond donors (Lipinski definition) is 1. The van der Waals surface area contributed by atoms with Gasteiger partial charge in [0.15, 0.2) is 0 Å². The van der Waals surface area contributed by atoms with Gasteiger partial charge < -0.3 is 4.98 Å². The second-order valence-electron chi connectivity index (χ2n) is 3.53. The van der Waals surface area contributed by atoms with Gasteiger partial charge in [-0.1, -0.05) is 29.8 Å². The van der Waals surface area contributed by atoms with Crippen molar-refractivity contribution in [3.8, 4) is 0 Å². The number of aromatic nitrogens is 1. The number of allylic oxidation sites excluding steroid dienone is 1. The van der Waals surface area contributed by atoms with Crippen LogP contribution in [0, 0.1) is 0 Å². The SMILES string of the molecule is C=N/C=C(Cl)\C(=N/CCl)c1c[nH]c2ccccc12. The van der Waals surface area contributed by atoms with Crippen LogP contribution in [0.3, 0.4) is 0 Å². The van der Waals surface area contributed by atoms with E-state index in [1.54, 1.807) is 0 Å². The third-order valence-corrected chi connectivity index (χ3v) is 2.89. The van der Waals surface area contributed by atoms with Crippen molar-refractivity contribution < 1.29 is 0 Å². The second kappa shape index (κ2) is 5.85. The van der Waals surface area contributed by atoms with E-state index in [0.717, 1.165) is 16.5 Å². The molecule has 1 aromatic heterocycles. The predicted molar refractivity (Wildman–Crippen MR) is 79.0 cm³/mol. The van der Waals surface area contributed by atoms with Gasteiger partial charge in [-0.3, -0.25) is 9.98 Å². The molecule has 2 aromatic rings. The van der Waals surface area contributed by atoms with Crippen LogP contribution in [0.2, 0.25) is 0 Å². The summed E-state index contributed by atoms with van der Waals surface area (Å²) in [5.74, 6) is 0. The molecule has 1 aromatic carbocycles. The van der Waals surface area contributed by atoms with Crippen molar-refractivity contribution in [2.45, 2.75) is 0 Å². The van der Waals surface area contributed by atoms with E-state index >= 15 is 0 Å². The number of nitrogens with one attached hydrogen (secondary N) is 1. The molecule has 0 amide bonds. The minimum atomic E-state index is 0.135. The summed E-state index contributed by atoms with van der Waals surface area (Å²) in [6.07, 6.45) is 3.31. The number of halogens is 2. The molecule has 2 rings (SSSR count). The number of para-hydroxylation sites is 1. The van der Waals surface area contributed by atoms with Gasteiger partial charge in [-0.15, -0.1) is 11.6 Å². The average Bonchev–Trinajstić information content (AvgIpc) is 2.80. The molecule has 0 fully saturated rings. The summed E-state index contributed by atoms with van der Waals surface area (Å²) >= 11 is 11.8. The fourth-order valence-electron chi connectivity index (χ4n) is 1.76. The first-order valence-corrected chi connectivity index (χ1v) is 6.18. The van der Waals surface area contributed by atoms with Crippen LogP contribution in [-0.4, -0.2) is 23.4 Å². The highest BCUT2D eigenvalue weighted by Crippen LogP contribution is 2.23. The Morgan fingerprint density at radius 1 is 1.39 bits per heavy atom. The molecule has 0 unspecified atom stereocenters. The molecular formula is C13H11Cl2N3. The number of aromatic amines is 1. The van der Waals surface area contributed by atoms with Gasteiger partial charge in [-0.25, -0.2) is 0 Å². The third-order valence-electron chi connectivity index (χ3n) is 2.49. The van der Waals surface area contributed by atoms with Crippen molar-refractivity contribution >= 4 is 46.5 Å². The van der Waals surface area contributed by atoms with E-state index in [2.05, 4.69) is 21.7 Å². The Morgan fingerprint density at radius 3 is 2.89 bits per heavy atom. The lowest BCUT2D eigenvalue weighted by atomic mass is 10.1. The first-order valence-electron chi connectivity index (χ1n) is 5.26. The average molecular weight is 280 g/mol. The zero-order chi connectivity index (χ0) is 13.0. The molecule has 1 heterocycles. The number of nitrogens with zero attached hydrogens (tertiary/aromatic N) is 2. The van der Waals surface area contributed by atoms with Crippen LogP contribution in [0.5, 0.6) is 0 Å². The number of hydrogen-bond acceptors (Lipinski definition) is 2. The first kappa shape index (κ1) is 12.9. The highest BCUT2D eigenvalue weighted by Gasteiger charge is 2.12. The lowest BCUT2D eigenvalue weighted by Crippen LogP contribution is -2.00. The quantitative estimate of drug-likeness (QED) is 0.501. The lowest BCUT2D eigenvalue weighted by molar-refractivity contribution is 1.35. The van der Waals surface area contributed by atoms with Crippen LogP contribution < -0.4 is 0 Å². The normalized spacial score (nSPS) is 13.0. The highest BCUT2D eigenvalue weighted by atomic mass is 35.5. The number of benzene rings is 1. The zero-order valence-corrected chi connectivity index (χ0v) is 11.0. The molecule has 0 aliphatic carbocycles. The maximum absolute atomic E-state index is 6.14.